The molecule has 0 saturated heterocycles. The minimum absolute atomic E-state index is 0.0253. The summed E-state index contributed by atoms with van der Waals surface area (Å²) in [4.78, 5) is 13.6. The summed E-state index contributed by atoms with van der Waals surface area (Å²) < 4.78 is 5.42. The molecule has 0 spiro atoms. The Labute approximate surface area is 172 Å². The summed E-state index contributed by atoms with van der Waals surface area (Å²) in [6.07, 6.45) is 6.80. The Morgan fingerprint density at radius 2 is 1.79 bits per heavy atom. The van der Waals surface area contributed by atoms with Gasteiger partial charge in [-0.25, -0.2) is 0 Å². The normalized spacial score (nSPS) is 15.6. The van der Waals surface area contributed by atoms with E-state index in [1.54, 1.807) is 7.11 Å². The fraction of sp³-hybridized carbons (Fsp3) is 0.571. The predicted octanol–water partition coefficient (Wildman–Crippen LogP) is 3.42. The first-order valence-corrected chi connectivity index (χ1v) is 10.5. The maximum absolute atomic E-state index is 9.52. The van der Waals surface area contributed by atoms with Crippen LogP contribution in [0.5, 0.6) is 5.75 Å². The van der Waals surface area contributed by atoms with Gasteiger partial charge in [-0.15, -0.1) is 0 Å². The van der Waals surface area contributed by atoms with Crippen molar-refractivity contribution in [3.8, 4) is 5.75 Å². The third-order valence-corrected chi connectivity index (χ3v) is 5.25. The number of benzene rings is 1. The van der Waals surface area contributed by atoms with E-state index >= 15 is 0 Å². The van der Waals surface area contributed by atoms with Gasteiger partial charge in [0.2, 0.25) is 17.8 Å². The van der Waals surface area contributed by atoms with Crippen molar-refractivity contribution in [2.75, 3.05) is 29.7 Å². The number of aliphatic hydroxyl groups is 1. The van der Waals surface area contributed by atoms with Gasteiger partial charge in [0.15, 0.2) is 0 Å². The first-order chi connectivity index (χ1) is 14.2. The van der Waals surface area contributed by atoms with Gasteiger partial charge in [0.1, 0.15) is 5.75 Å². The van der Waals surface area contributed by atoms with Crippen molar-refractivity contribution in [1.82, 2.24) is 15.0 Å². The van der Waals surface area contributed by atoms with Crippen LogP contribution in [0, 0.1) is 0 Å². The highest BCUT2D eigenvalue weighted by molar-refractivity contribution is 5.44. The molecule has 0 amide bonds. The number of aromatic nitrogens is 3. The van der Waals surface area contributed by atoms with Gasteiger partial charge in [-0.05, 0) is 25.3 Å². The highest BCUT2D eigenvalue weighted by Crippen LogP contribution is 2.22. The quantitative estimate of drug-likeness (QED) is 0.481. The van der Waals surface area contributed by atoms with Crippen molar-refractivity contribution < 1.29 is 9.84 Å². The van der Waals surface area contributed by atoms with E-state index < -0.39 is 0 Å². The highest BCUT2D eigenvalue weighted by Gasteiger charge is 2.16. The average molecular weight is 401 g/mol. The molecule has 0 unspecified atom stereocenters. The number of anilines is 3. The summed E-state index contributed by atoms with van der Waals surface area (Å²) in [5.74, 6) is 2.32. The van der Waals surface area contributed by atoms with E-state index in [0.717, 1.165) is 30.6 Å². The first kappa shape index (κ1) is 21.1. The fourth-order valence-electron chi connectivity index (χ4n) is 3.50. The number of nitrogens with zero attached hydrogens (tertiary/aromatic N) is 3. The summed E-state index contributed by atoms with van der Waals surface area (Å²) >= 11 is 0. The lowest BCUT2D eigenvalue weighted by Gasteiger charge is -2.23. The lowest BCUT2D eigenvalue weighted by molar-refractivity contribution is 0.271. The van der Waals surface area contributed by atoms with Gasteiger partial charge in [-0.2, -0.15) is 15.0 Å². The van der Waals surface area contributed by atoms with Crippen molar-refractivity contribution in [1.29, 1.82) is 0 Å². The van der Waals surface area contributed by atoms with Gasteiger partial charge in [0.25, 0.3) is 0 Å². The Kier molecular flexibility index (Phi) is 7.86. The summed E-state index contributed by atoms with van der Waals surface area (Å²) in [7, 11) is 1.66. The Morgan fingerprint density at radius 1 is 1.07 bits per heavy atom. The number of para-hydroxylation sites is 1. The lowest BCUT2D eigenvalue weighted by atomic mass is 9.96. The summed E-state index contributed by atoms with van der Waals surface area (Å²) in [5, 5.41) is 19.5. The van der Waals surface area contributed by atoms with Crippen LogP contribution < -0.4 is 20.7 Å². The third-order valence-electron chi connectivity index (χ3n) is 5.25. The molecule has 158 valence electrons. The van der Waals surface area contributed by atoms with Crippen LogP contribution in [0.25, 0.3) is 0 Å². The van der Waals surface area contributed by atoms with Crippen LogP contribution in [-0.4, -0.2) is 45.9 Å². The van der Waals surface area contributed by atoms with Crippen LogP contribution in [0.4, 0.5) is 17.8 Å². The molecule has 2 aromatic rings. The van der Waals surface area contributed by atoms with Gasteiger partial charge >= 0.3 is 0 Å². The van der Waals surface area contributed by atoms with Crippen molar-refractivity contribution in [3.63, 3.8) is 0 Å². The zero-order valence-corrected chi connectivity index (χ0v) is 17.3. The van der Waals surface area contributed by atoms with E-state index in [4.69, 9.17) is 4.74 Å². The summed E-state index contributed by atoms with van der Waals surface area (Å²) in [6, 6.07) is 8.15. The number of hydrogen-bond donors (Lipinski definition) is 4. The molecule has 1 heterocycles. The molecule has 1 fully saturated rings. The number of rotatable bonds is 10. The van der Waals surface area contributed by atoms with Gasteiger partial charge in [-0.3, -0.25) is 0 Å². The monoisotopic (exact) mass is 400 g/mol. The molecule has 0 radical (unpaired) electrons. The van der Waals surface area contributed by atoms with Gasteiger partial charge in [0.05, 0.1) is 19.8 Å². The Morgan fingerprint density at radius 3 is 2.52 bits per heavy atom. The second-order valence-electron chi connectivity index (χ2n) is 7.38. The maximum Gasteiger partial charge on any atom is 0.229 e. The molecule has 0 bridgehead atoms. The molecule has 1 aliphatic rings. The third kappa shape index (κ3) is 6.19. The molecule has 4 N–H and O–H groups in total. The van der Waals surface area contributed by atoms with Crippen molar-refractivity contribution in [2.45, 2.75) is 64.1 Å². The second kappa shape index (κ2) is 10.8. The number of nitrogens with one attached hydrogen (secondary N) is 3. The van der Waals surface area contributed by atoms with Crippen LogP contribution in [0.1, 0.15) is 51.0 Å². The van der Waals surface area contributed by atoms with Crippen molar-refractivity contribution in [3.05, 3.63) is 29.8 Å². The number of hydrogen-bond acceptors (Lipinski definition) is 8. The highest BCUT2D eigenvalue weighted by atomic mass is 16.5. The predicted molar refractivity (Wildman–Crippen MR) is 115 cm³/mol. The van der Waals surface area contributed by atoms with Gasteiger partial charge in [-0.1, -0.05) is 44.4 Å². The molecule has 29 heavy (non-hydrogen) atoms. The molecule has 8 nitrogen and oxygen atoms in total. The van der Waals surface area contributed by atoms with Crippen LogP contribution in [0.2, 0.25) is 0 Å². The molecular formula is C21H32N6O2. The molecule has 3 rings (SSSR count). The summed E-state index contributed by atoms with van der Waals surface area (Å²) in [6.45, 7) is 2.57. The SMILES string of the molecule is CC[C@H](CO)Nc1nc(NCc2ccccc2OC)nc(NC2CCCCC2)n1. The zero-order chi connectivity index (χ0) is 20.5. The molecule has 1 aromatic carbocycles. The molecule has 8 heteroatoms. The molecule has 1 aliphatic carbocycles. The lowest BCUT2D eigenvalue weighted by Crippen LogP contribution is -2.27. The fourth-order valence-corrected chi connectivity index (χ4v) is 3.50. The van der Waals surface area contributed by atoms with E-state index in [1.165, 1.54) is 19.3 Å². The van der Waals surface area contributed by atoms with E-state index in [1.807, 2.05) is 31.2 Å². The van der Waals surface area contributed by atoms with E-state index in [9.17, 15) is 5.11 Å². The zero-order valence-electron chi connectivity index (χ0n) is 17.3. The number of ether oxygens (including phenoxy) is 1. The molecule has 1 aromatic heterocycles. The summed E-state index contributed by atoms with van der Waals surface area (Å²) in [5.41, 5.74) is 1.02. The van der Waals surface area contributed by atoms with E-state index in [0.29, 0.717) is 30.4 Å². The Bertz CT molecular complexity index is 763. The molecule has 1 atom stereocenters. The smallest absolute Gasteiger partial charge is 0.229 e. The van der Waals surface area contributed by atoms with Crippen LogP contribution in [0.15, 0.2) is 24.3 Å². The largest absolute Gasteiger partial charge is 0.496 e. The van der Waals surface area contributed by atoms with Crippen LogP contribution in [0.3, 0.4) is 0 Å². The average Bonchev–Trinajstić information content (AvgIpc) is 2.77. The molecule has 0 aliphatic heterocycles. The Hall–Kier alpha value is -2.61. The van der Waals surface area contributed by atoms with E-state index in [2.05, 4.69) is 30.9 Å². The van der Waals surface area contributed by atoms with E-state index in [-0.39, 0.29) is 12.6 Å². The first-order valence-electron chi connectivity index (χ1n) is 10.5. The minimum Gasteiger partial charge on any atom is -0.496 e. The topological polar surface area (TPSA) is 104 Å². The maximum atomic E-state index is 9.52. The Balaban J connectivity index is 1.76. The minimum atomic E-state index is -0.0954. The molecular weight excluding hydrogens is 368 g/mol. The van der Waals surface area contributed by atoms with Crippen molar-refractivity contribution >= 4 is 17.8 Å². The second-order valence-corrected chi connectivity index (χ2v) is 7.38. The number of methoxy groups -OCH3 is 1. The van der Waals surface area contributed by atoms with Crippen molar-refractivity contribution in [2.24, 2.45) is 0 Å². The molecule has 1 saturated carbocycles. The van der Waals surface area contributed by atoms with Crippen LogP contribution >= 0.6 is 0 Å². The number of aliphatic hydroxyl groups excluding tert-OH is 1. The van der Waals surface area contributed by atoms with Gasteiger partial charge in [0, 0.05) is 18.2 Å². The van der Waals surface area contributed by atoms with Gasteiger partial charge < -0.3 is 25.8 Å². The standard InChI is InChI=1S/C21H32N6O2/c1-3-16(14-28)23-20-25-19(22-13-15-9-7-8-12-18(15)29-2)26-21(27-20)24-17-10-5-4-6-11-17/h7-9,12,16-17,28H,3-6,10-11,13-14H2,1-2H3,(H3,22,23,24,25,26,27)/t16-/m1/s1. The van der Waals surface area contributed by atoms with Crippen LogP contribution in [-0.2, 0) is 6.54 Å².